The number of nitrogens with zero attached hydrogens (tertiary/aromatic N) is 4. The Morgan fingerprint density at radius 3 is 3.00 bits per heavy atom. The quantitative estimate of drug-likeness (QED) is 0.841. The van der Waals surface area contributed by atoms with E-state index in [4.69, 9.17) is 0 Å². The van der Waals surface area contributed by atoms with Crippen LogP contribution in [0.2, 0.25) is 0 Å². The first kappa shape index (κ1) is 12.6. The van der Waals surface area contributed by atoms with Gasteiger partial charge in [-0.25, -0.2) is 9.67 Å². The molecule has 1 aromatic heterocycles. The highest BCUT2D eigenvalue weighted by molar-refractivity contribution is 5.79. The van der Waals surface area contributed by atoms with Crippen LogP contribution in [0, 0.1) is 5.92 Å². The number of hydrogen-bond donors (Lipinski definition) is 1. The molecule has 2 unspecified atom stereocenters. The monoisotopic (exact) mass is 263 g/mol. The molecule has 2 aliphatic rings. The molecule has 3 rings (SSSR count). The topological polar surface area (TPSA) is 63.1 Å². The number of rotatable bonds is 2. The number of likely N-dealkylation sites (tertiary alicyclic amines) is 1. The fraction of sp³-hybridized carbons (Fsp3) is 0.769. The van der Waals surface area contributed by atoms with Crippen molar-refractivity contribution in [2.45, 2.75) is 31.7 Å². The second-order valence-electron chi connectivity index (χ2n) is 5.50. The fourth-order valence-corrected chi connectivity index (χ4v) is 3.10. The molecule has 0 radical (unpaired) electrons. The maximum Gasteiger partial charge on any atom is 0.227 e. The van der Waals surface area contributed by atoms with Crippen molar-refractivity contribution in [1.29, 1.82) is 0 Å². The molecule has 1 N–H and O–H groups in total. The van der Waals surface area contributed by atoms with Crippen molar-refractivity contribution in [1.82, 2.24) is 25.0 Å². The predicted octanol–water partition coefficient (Wildman–Crippen LogP) is 0.441. The van der Waals surface area contributed by atoms with E-state index in [0.29, 0.717) is 5.91 Å². The highest BCUT2D eigenvalue weighted by Crippen LogP contribution is 2.23. The van der Waals surface area contributed by atoms with E-state index in [9.17, 15) is 4.79 Å². The summed E-state index contributed by atoms with van der Waals surface area (Å²) in [6.07, 6.45) is 7.58. The van der Waals surface area contributed by atoms with Crippen LogP contribution in [0.25, 0.3) is 0 Å². The van der Waals surface area contributed by atoms with Crippen molar-refractivity contribution in [2.75, 3.05) is 26.2 Å². The summed E-state index contributed by atoms with van der Waals surface area (Å²) < 4.78 is 1.89. The van der Waals surface area contributed by atoms with Crippen molar-refractivity contribution in [3.8, 4) is 0 Å². The summed E-state index contributed by atoms with van der Waals surface area (Å²) in [7, 11) is 0. The summed E-state index contributed by atoms with van der Waals surface area (Å²) >= 11 is 0. The molecule has 0 aliphatic carbocycles. The number of hydrogen-bond acceptors (Lipinski definition) is 4. The molecule has 0 aromatic carbocycles. The first-order valence-electron chi connectivity index (χ1n) is 7.18. The summed E-state index contributed by atoms with van der Waals surface area (Å²) in [6, 6.07) is 0.289. The molecule has 19 heavy (non-hydrogen) atoms. The molecule has 0 saturated carbocycles. The third-order valence-electron chi connectivity index (χ3n) is 4.17. The Morgan fingerprint density at radius 1 is 1.32 bits per heavy atom. The second-order valence-corrected chi connectivity index (χ2v) is 5.50. The molecule has 6 nitrogen and oxygen atoms in total. The minimum absolute atomic E-state index is 0.170. The van der Waals surface area contributed by atoms with Gasteiger partial charge in [-0.15, -0.1) is 0 Å². The summed E-state index contributed by atoms with van der Waals surface area (Å²) in [5, 5.41) is 7.52. The van der Waals surface area contributed by atoms with E-state index in [2.05, 4.69) is 15.4 Å². The van der Waals surface area contributed by atoms with Gasteiger partial charge in [0.2, 0.25) is 5.91 Å². The van der Waals surface area contributed by atoms with E-state index in [1.54, 1.807) is 12.7 Å². The van der Waals surface area contributed by atoms with E-state index in [0.717, 1.165) is 51.9 Å². The molecule has 2 atom stereocenters. The molecule has 6 heteroatoms. The van der Waals surface area contributed by atoms with Gasteiger partial charge in [0.15, 0.2) is 0 Å². The van der Waals surface area contributed by atoms with Crippen LogP contribution in [0.15, 0.2) is 12.7 Å². The molecule has 2 fully saturated rings. The van der Waals surface area contributed by atoms with Crippen molar-refractivity contribution in [3.05, 3.63) is 12.7 Å². The lowest BCUT2D eigenvalue weighted by Gasteiger charge is -2.35. The van der Waals surface area contributed by atoms with Crippen molar-refractivity contribution in [2.24, 2.45) is 5.92 Å². The molecule has 2 aliphatic heterocycles. The standard InChI is InChI=1S/C13H21N5O/c19-13(11-3-1-5-14-7-11)17-6-2-4-12(8-17)18-10-15-9-16-18/h9-12,14H,1-8H2. The zero-order valence-electron chi connectivity index (χ0n) is 11.2. The van der Waals surface area contributed by atoms with Gasteiger partial charge in [0.25, 0.3) is 0 Å². The smallest absolute Gasteiger partial charge is 0.227 e. The normalized spacial score (nSPS) is 28.3. The van der Waals surface area contributed by atoms with Crippen LogP contribution in [-0.2, 0) is 4.79 Å². The van der Waals surface area contributed by atoms with E-state index < -0.39 is 0 Å². The Morgan fingerprint density at radius 2 is 2.26 bits per heavy atom. The average Bonchev–Trinajstić information content (AvgIpc) is 3.02. The number of aromatic nitrogens is 3. The van der Waals surface area contributed by atoms with Crippen LogP contribution in [0.5, 0.6) is 0 Å². The molecular formula is C13H21N5O. The van der Waals surface area contributed by atoms with Crippen molar-refractivity contribution < 1.29 is 4.79 Å². The zero-order chi connectivity index (χ0) is 13.1. The zero-order valence-corrected chi connectivity index (χ0v) is 11.2. The molecule has 0 bridgehead atoms. The van der Waals surface area contributed by atoms with Crippen molar-refractivity contribution in [3.63, 3.8) is 0 Å². The van der Waals surface area contributed by atoms with Gasteiger partial charge >= 0.3 is 0 Å². The Bertz CT molecular complexity index is 413. The van der Waals surface area contributed by atoms with Gasteiger partial charge in [0.1, 0.15) is 12.7 Å². The van der Waals surface area contributed by atoms with Crippen molar-refractivity contribution >= 4 is 5.91 Å². The average molecular weight is 263 g/mol. The third-order valence-corrected chi connectivity index (χ3v) is 4.17. The highest BCUT2D eigenvalue weighted by Gasteiger charge is 2.30. The Kier molecular flexibility index (Phi) is 3.77. The van der Waals surface area contributed by atoms with Gasteiger partial charge in [-0.1, -0.05) is 0 Å². The lowest BCUT2D eigenvalue weighted by molar-refractivity contribution is -0.137. The van der Waals surface area contributed by atoms with E-state index in [-0.39, 0.29) is 12.0 Å². The van der Waals surface area contributed by atoms with Crippen LogP contribution in [0.1, 0.15) is 31.7 Å². The van der Waals surface area contributed by atoms with Gasteiger partial charge in [-0.05, 0) is 32.2 Å². The molecule has 3 heterocycles. The largest absolute Gasteiger partial charge is 0.340 e. The maximum atomic E-state index is 12.5. The molecule has 104 valence electrons. The lowest BCUT2D eigenvalue weighted by Crippen LogP contribution is -2.47. The van der Waals surface area contributed by atoms with E-state index in [1.165, 1.54) is 0 Å². The molecule has 1 amide bonds. The van der Waals surface area contributed by atoms with Crippen LogP contribution in [-0.4, -0.2) is 51.8 Å². The van der Waals surface area contributed by atoms with Crippen LogP contribution in [0.3, 0.4) is 0 Å². The molecule has 1 aromatic rings. The van der Waals surface area contributed by atoms with Crippen LogP contribution in [0.4, 0.5) is 0 Å². The van der Waals surface area contributed by atoms with Gasteiger partial charge < -0.3 is 10.2 Å². The minimum atomic E-state index is 0.170. The highest BCUT2D eigenvalue weighted by atomic mass is 16.2. The molecule has 2 saturated heterocycles. The number of amides is 1. The lowest BCUT2D eigenvalue weighted by atomic mass is 9.96. The third kappa shape index (κ3) is 2.78. The van der Waals surface area contributed by atoms with Crippen LogP contribution >= 0.6 is 0 Å². The maximum absolute atomic E-state index is 12.5. The van der Waals surface area contributed by atoms with E-state index >= 15 is 0 Å². The SMILES string of the molecule is O=C(C1CCCNC1)N1CCCC(n2cncn2)C1. The molecular weight excluding hydrogens is 242 g/mol. The summed E-state index contributed by atoms with van der Waals surface area (Å²) in [4.78, 5) is 18.5. The predicted molar refractivity (Wildman–Crippen MR) is 70.5 cm³/mol. The number of carbonyl (C=O) groups excluding carboxylic acids is 1. The fourth-order valence-electron chi connectivity index (χ4n) is 3.10. The summed E-state index contributed by atoms with van der Waals surface area (Å²) in [5.74, 6) is 0.486. The number of piperidine rings is 2. The first-order chi connectivity index (χ1) is 9.34. The Balaban J connectivity index is 1.62. The number of carbonyl (C=O) groups is 1. The summed E-state index contributed by atoms with van der Waals surface area (Å²) in [5.41, 5.74) is 0. The first-order valence-corrected chi connectivity index (χ1v) is 7.18. The second kappa shape index (κ2) is 5.69. The number of nitrogens with one attached hydrogen (secondary N) is 1. The van der Waals surface area contributed by atoms with E-state index in [1.807, 2.05) is 9.58 Å². The molecule has 0 spiro atoms. The Labute approximate surface area is 113 Å². The van der Waals surface area contributed by atoms with Gasteiger partial charge in [0, 0.05) is 19.6 Å². The van der Waals surface area contributed by atoms with Gasteiger partial charge in [-0.3, -0.25) is 4.79 Å². The van der Waals surface area contributed by atoms with Gasteiger partial charge in [-0.2, -0.15) is 5.10 Å². The van der Waals surface area contributed by atoms with Crippen LogP contribution < -0.4 is 5.32 Å². The minimum Gasteiger partial charge on any atom is -0.340 e. The Hall–Kier alpha value is -1.43. The summed E-state index contributed by atoms with van der Waals surface area (Å²) in [6.45, 7) is 3.55. The van der Waals surface area contributed by atoms with Gasteiger partial charge in [0.05, 0.1) is 12.0 Å².